The summed E-state index contributed by atoms with van der Waals surface area (Å²) >= 11 is 0. The predicted octanol–water partition coefficient (Wildman–Crippen LogP) is 1.35. The molecule has 1 rings (SSSR count). The molecule has 1 aromatic rings. The predicted molar refractivity (Wildman–Crippen MR) is 67.8 cm³/mol. The van der Waals surface area contributed by atoms with Crippen molar-refractivity contribution in [3.05, 3.63) is 24.0 Å². The highest BCUT2D eigenvalue weighted by Gasteiger charge is 2.06. The van der Waals surface area contributed by atoms with E-state index >= 15 is 0 Å². The van der Waals surface area contributed by atoms with Crippen molar-refractivity contribution in [1.82, 2.24) is 4.98 Å². The van der Waals surface area contributed by atoms with Crippen LogP contribution in [0.2, 0.25) is 0 Å². The van der Waals surface area contributed by atoms with E-state index in [0.29, 0.717) is 5.75 Å². The van der Waals surface area contributed by atoms with Gasteiger partial charge in [-0.15, -0.1) is 0 Å². The van der Waals surface area contributed by atoms with E-state index in [9.17, 15) is 9.00 Å². The third-order valence-corrected chi connectivity index (χ3v) is 3.04. The molecule has 6 heteroatoms. The van der Waals surface area contributed by atoms with Crippen LogP contribution < -0.4 is 5.32 Å². The molecular formula is C11H16N2O3S. The number of nitrogens with zero attached hydrogens (tertiary/aromatic N) is 1. The topological polar surface area (TPSA) is 79.3 Å². The molecule has 0 aromatic carbocycles. The minimum atomic E-state index is -1.04. The molecule has 1 aromatic heterocycles. The molecule has 0 aliphatic heterocycles. The number of rotatable bonds is 6. The maximum Gasteiger partial charge on any atom is 0.354 e. The number of nitrogens with one attached hydrogen (secondary N) is 1. The van der Waals surface area contributed by atoms with Gasteiger partial charge in [0, 0.05) is 28.9 Å². The number of carboxylic acid groups (broad SMARTS) is 1. The summed E-state index contributed by atoms with van der Waals surface area (Å²) in [5.41, 5.74) is 0.794. The number of carbonyl (C=O) groups is 1. The van der Waals surface area contributed by atoms with Crippen LogP contribution in [0.5, 0.6) is 0 Å². The smallest absolute Gasteiger partial charge is 0.354 e. The highest BCUT2D eigenvalue weighted by atomic mass is 32.2. The lowest BCUT2D eigenvalue weighted by atomic mass is 10.2. The molecule has 0 saturated carbocycles. The van der Waals surface area contributed by atoms with E-state index in [4.69, 9.17) is 5.11 Å². The summed E-state index contributed by atoms with van der Waals surface area (Å²) in [5, 5.41) is 11.9. The highest BCUT2D eigenvalue weighted by Crippen LogP contribution is 2.09. The second-order valence-corrected chi connectivity index (χ2v) is 5.40. The first-order chi connectivity index (χ1) is 7.99. The number of carboxylic acids is 1. The van der Waals surface area contributed by atoms with Crippen molar-refractivity contribution in [2.24, 2.45) is 0 Å². The molecule has 0 fully saturated rings. The Balaban J connectivity index is 2.51. The van der Waals surface area contributed by atoms with Gasteiger partial charge in [0.15, 0.2) is 0 Å². The SMILES string of the molecule is CC(CCS(C)=O)Nc1ccc(C(=O)O)nc1. The summed E-state index contributed by atoms with van der Waals surface area (Å²) in [6.45, 7) is 1.98. The van der Waals surface area contributed by atoms with E-state index in [2.05, 4.69) is 10.3 Å². The molecule has 5 nitrogen and oxygen atoms in total. The molecule has 0 spiro atoms. The Labute approximate surface area is 103 Å². The Morgan fingerprint density at radius 3 is 2.76 bits per heavy atom. The standard InChI is InChI=1S/C11H16N2O3S/c1-8(5-6-17(2)16)13-9-3-4-10(11(14)15)12-7-9/h3-4,7-8,13H,5-6H2,1-2H3,(H,14,15). The fraction of sp³-hybridized carbons (Fsp3) is 0.455. The first kappa shape index (κ1) is 13.6. The minimum Gasteiger partial charge on any atom is -0.477 e. The maximum atomic E-state index is 10.9. The zero-order valence-electron chi connectivity index (χ0n) is 9.84. The molecule has 94 valence electrons. The molecule has 2 atom stereocenters. The lowest BCUT2D eigenvalue weighted by Crippen LogP contribution is -2.18. The van der Waals surface area contributed by atoms with Gasteiger partial charge in [-0.1, -0.05) is 0 Å². The number of pyridine rings is 1. The van der Waals surface area contributed by atoms with Crippen molar-refractivity contribution in [2.45, 2.75) is 19.4 Å². The van der Waals surface area contributed by atoms with E-state index < -0.39 is 16.8 Å². The van der Waals surface area contributed by atoms with Crippen LogP contribution in [0.15, 0.2) is 18.3 Å². The monoisotopic (exact) mass is 256 g/mol. The van der Waals surface area contributed by atoms with E-state index in [1.807, 2.05) is 6.92 Å². The van der Waals surface area contributed by atoms with Crippen LogP contribution in [0.1, 0.15) is 23.8 Å². The van der Waals surface area contributed by atoms with E-state index in [0.717, 1.165) is 12.1 Å². The van der Waals surface area contributed by atoms with Crippen LogP contribution in [0.25, 0.3) is 0 Å². The summed E-state index contributed by atoms with van der Waals surface area (Å²) in [5.74, 6) is -0.389. The lowest BCUT2D eigenvalue weighted by molar-refractivity contribution is 0.0690. The van der Waals surface area contributed by atoms with Gasteiger partial charge in [0.2, 0.25) is 0 Å². The molecule has 0 aliphatic carbocycles. The fourth-order valence-electron chi connectivity index (χ4n) is 1.31. The minimum absolute atomic E-state index is 0.0258. The number of aromatic nitrogens is 1. The highest BCUT2D eigenvalue weighted by molar-refractivity contribution is 7.84. The first-order valence-electron chi connectivity index (χ1n) is 5.25. The van der Waals surface area contributed by atoms with Crippen LogP contribution in [-0.4, -0.2) is 38.3 Å². The third kappa shape index (κ3) is 4.95. The number of aromatic carboxylic acids is 1. The van der Waals surface area contributed by atoms with Crippen LogP contribution in [-0.2, 0) is 10.8 Å². The molecule has 0 aliphatic rings. The van der Waals surface area contributed by atoms with Gasteiger partial charge < -0.3 is 10.4 Å². The molecule has 2 unspecified atom stereocenters. The fourth-order valence-corrected chi connectivity index (χ4v) is 1.99. The van der Waals surface area contributed by atoms with Gasteiger partial charge >= 0.3 is 5.97 Å². The Bertz CT molecular complexity index is 406. The molecule has 0 radical (unpaired) electrons. The zero-order chi connectivity index (χ0) is 12.8. The number of anilines is 1. The molecule has 0 amide bonds. The maximum absolute atomic E-state index is 10.9. The van der Waals surface area contributed by atoms with Crippen molar-refractivity contribution in [1.29, 1.82) is 0 Å². The quantitative estimate of drug-likeness (QED) is 0.803. The summed E-state index contributed by atoms with van der Waals surface area (Å²) < 4.78 is 10.9. The molecule has 0 saturated heterocycles. The van der Waals surface area contributed by atoms with Gasteiger partial charge in [-0.25, -0.2) is 9.78 Å². The van der Waals surface area contributed by atoms with Crippen molar-refractivity contribution in [3.63, 3.8) is 0 Å². The van der Waals surface area contributed by atoms with Gasteiger partial charge in [-0.3, -0.25) is 4.21 Å². The van der Waals surface area contributed by atoms with Crippen molar-refractivity contribution in [3.8, 4) is 0 Å². The van der Waals surface area contributed by atoms with E-state index in [1.165, 1.54) is 12.3 Å². The molecule has 17 heavy (non-hydrogen) atoms. The van der Waals surface area contributed by atoms with Crippen LogP contribution in [0, 0.1) is 0 Å². The normalized spacial score (nSPS) is 14.0. The Morgan fingerprint density at radius 2 is 2.29 bits per heavy atom. The summed E-state index contributed by atoms with van der Waals surface area (Å²) in [7, 11) is -0.787. The van der Waals surface area contributed by atoms with Gasteiger partial charge in [0.25, 0.3) is 0 Å². The van der Waals surface area contributed by atoms with Crippen molar-refractivity contribution in [2.75, 3.05) is 17.3 Å². The van der Waals surface area contributed by atoms with Crippen LogP contribution >= 0.6 is 0 Å². The molecular weight excluding hydrogens is 240 g/mol. The van der Waals surface area contributed by atoms with Crippen molar-refractivity contribution >= 4 is 22.5 Å². The van der Waals surface area contributed by atoms with E-state index in [1.54, 1.807) is 12.3 Å². The lowest BCUT2D eigenvalue weighted by Gasteiger charge is -2.14. The average Bonchev–Trinajstić information content (AvgIpc) is 2.27. The van der Waals surface area contributed by atoms with Gasteiger partial charge in [0.05, 0.1) is 11.9 Å². The largest absolute Gasteiger partial charge is 0.477 e. The van der Waals surface area contributed by atoms with Gasteiger partial charge in [-0.05, 0) is 25.5 Å². The molecule has 2 N–H and O–H groups in total. The van der Waals surface area contributed by atoms with Gasteiger partial charge in [-0.2, -0.15) is 0 Å². The second-order valence-electron chi connectivity index (χ2n) is 3.85. The second kappa shape index (κ2) is 6.34. The summed E-state index contributed by atoms with van der Waals surface area (Å²) in [4.78, 5) is 14.4. The third-order valence-electron chi connectivity index (χ3n) is 2.23. The molecule has 1 heterocycles. The first-order valence-corrected chi connectivity index (χ1v) is 6.97. The van der Waals surface area contributed by atoms with Crippen LogP contribution in [0.4, 0.5) is 5.69 Å². The Kier molecular flexibility index (Phi) is 5.09. The van der Waals surface area contributed by atoms with E-state index in [-0.39, 0.29) is 11.7 Å². The number of hydrogen-bond donors (Lipinski definition) is 2. The summed E-state index contributed by atoms with van der Waals surface area (Å²) in [6, 6.07) is 3.31. The Morgan fingerprint density at radius 1 is 1.59 bits per heavy atom. The summed E-state index contributed by atoms with van der Waals surface area (Å²) in [6.07, 6.45) is 3.96. The van der Waals surface area contributed by atoms with Crippen molar-refractivity contribution < 1.29 is 14.1 Å². The number of hydrogen-bond acceptors (Lipinski definition) is 4. The van der Waals surface area contributed by atoms with Crippen LogP contribution in [0.3, 0.4) is 0 Å². The average molecular weight is 256 g/mol. The zero-order valence-corrected chi connectivity index (χ0v) is 10.7. The molecule has 0 bridgehead atoms. The Hall–Kier alpha value is -1.43. The van der Waals surface area contributed by atoms with Gasteiger partial charge in [0.1, 0.15) is 5.69 Å².